The predicted octanol–water partition coefficient (Wildman–Crippen LogP) is 5.24. The summed E-state index contributed by atoms with van der Waals surface area (Å²) >= 11 is 0. The Morgan fingerprint density at radius 2 is 1.88 bits per heavy atom. The van der Waals surface area contributed by atoms with Gasteiger partial charge in [0.2, 0.25) is 5.91 Å². The lowest BCUT2D eigenvalue weighted by Crippen LogP contribution is -2.52. The van der Waals surface area contributed by atoms with Crippen LogP contribution in [0.3, 0.4) is 0 Å². The molecule has 1 aliphatic heterocycles. The van der Waals surface area contributed by atoms with Gasteiger partial charge in [-0.15, -0.1) is 0 Å². The van der Waals surface area contributed by atoms with E-state index in [4.69, 9.17) is 9.26 Å². The molecule has 13 nitrogen and oxygen atoms in total. The Morgan fingerprint density at radius 1 is 1.16 bits per heavy atom. The maximum Gasteiger partial charge on any atom is 0.326 e. The molecular weight excluding hydrogens is 666 g/mol. The van der Waals surface area contributed by atoms with E-state index >= 15 is 4.39 Å². The highest BCUT2D eigenvalue weighted by Crippen LogP contribution is 2.61. The number of fused-ring (bicyclic) bond motifs is 1. The van der Waals surface area contributed by atoms with Crippen molar-refractivity contribution in [1.29, 1.82) is 0 Å². The number of benzene rings is 1. The molecule has 6 rings (SSSR count). The van der Waals surface area contributed by atoms with Gasteiger partial charge in [0.05, 0.1) is 24.2 Å². The average molecular weight is 702 g/mol. The Hall–Kier alpha value is -4.53. The Morgan fingerprint density at radius 3 is 2.53 bits per heavy atom. The average Bonchev–Trinajstić information content (AvgIpc) is 3.48. The third-order valence-electron chi connectivity index (χ3n) is 8.90. The highest BCUT2D eigenvalue weighted by Gasteiger charge is 2.58. The zero-order valence-corrected chi connectivity index (χ0v) is 28.2. The lowest BCUT2D eigenvalue weighted by atomic mass is 9.75. The van der Waals surface area contributed by atoms with E-state index in [2.05, 4.69) is 25.8 Å². The van der Waals surface area contributed by atoms with Gasteiger partial charge in [-0.1, -0.05) is 0 Å². The number of rotatable bonds is 10. The summed E-state index contributed by atoms with van der Waals surface area (Å²) in [5, 5.41) is 13.9. The van der Waals surface area contributed by atoms with Crippen molar-refractivity contribution in [3.63, 3.8) is 0 Å². The summed E-state index contributed by atoms with van der Waals surface area (Å²) in [5.41, 5.74) is 0.803. The first kappa shape index (κ1) is 34.3. The second kappa shape index (κ2) is 12.7. The van der Waals surface area contributed by atoms with Gasteiger partial charge in [-0.3, -0.25) is 28.3 Å². The number of carbonyl (C=O) groups excluding carboxylic acids is 2. The van der Waals surface area contributed by atoms with Crippen molar-refractivity contribution in [1.82, 2.24) is 29.9 Å². The molecule has 3 aromatic heterocycles. The molecule has 3 N–H and O–H groups in total. The molecule has 2 unspecified atom stereocenters. The van der Waals surface area contributed by atoms with E-state index in [0.29, 0.717) is 29.8 Å². The predicted molar refractivity (Wildman–Crippen MR) is 170 cm³/mol. The van der Waals surface area contributed by atoms with Gasteiger partial charge in [-0.2, -0.15) is 10.2 Å². The van der Waals surface area contributed by atoms with Crippen molar-refractivity contribution in [2.75, 3.05) is 18.6 Å². The Balaban J connectivity index is 1.33. The maximum atomic E-state index is 15.7. The molecule has 17 heteroatoms. The van der Waals surface area contributed by atoms with E-state index < -0.39 is 54.2 Å². The maximum absolute atomic E-state index is 15.7. The molecular formula is C32H35F3N7O6P. The summed E-state index contributed by atoms with van der Waals surface area (Å²) in [4.78, 5) is 41.6. The molecule has 0 bridgehead atoms. The number of hydrogen-bond acceptors (Lipinski definition) is 8. The molecule has 49 heavy (non-hydrogen) atoms. The number of hydrogen-bond donors (Lipinski definition) is 3. The van der Waals surface area contributed by atoms with Gasteiger partial charge in [0.15, 0.2) is 17.5 Å². The van der Waals surface area contributed by atoms with E-state index in [1.807, 2.05) is 13.8 Å². The molecule has 4 aromatic rings. The van der Waals surface area contributed by atoms with Crippen molar-refractivity contribution in [3.8, 4) is 17.0 Å². The van der Waals surface area contributed by atoms with Crippen LogP contribution in [0.2, 0.25) is 0 Å². The minimum atomic E-state index is -3.80. The number of amides is 2. The van der Waals surface area contributed by atoms with Crippen molar-refractivity contribution < 1.29 is 41.5 Å². The second-order valence-electron chi connectivity index (χ2n) is 12.8. The molecule has 4 heterocycles. The van der Waals surface area contributed by atoms with Crippen LogP contribution in [-0.4, -0.2) is 60.6 Å². The van der Waals surface area contributed by atoms with Crippen LogP contribution in [0.1, 0.15) is 66.1 Å². The van der Waals surface area contributed by atoms with Crippen LogP contribution in [0.15, 0.2) is 36.7 Å². The quantitative estimate of drug-likeness (QED) is 0.188. The normalized spacial score (nSPS) is 18.0. The summed E-state index contributed by atoms with van der Waals surface area (Å²) < 4.78 is 69.7. The molecule has 2 amide bonds. The van der Waals surface area contributed by atoms with E-state index in [0.717, 1.165) is 24.9 Å². The molecule has 0 radical (unpaired) electrons. The van der Waals surface area contributed by atoms with E-state index in [-0.39, 0.29) is 47.8 Å². The van der Waals surface area contributed by atoms with Crippen LogP contribution < -0.4 is 15.4 Å². The zero-order chi connectivity index (χ0) is 35.4. The van der Waals surface area contributed by atoms with Crippen molar-refractivity contribution in [2.24, 2.45) is 5.41 Å². The van der Waals surface area contributed by atoms with E-state index in [1.54, 1.807) is 13.8 Å². The number of anilines is 1. The highest BCUT2D eigenvalue weighted by molar-refractivity contribution is 7.51. The SMILES string of the molecule is Cc1nn(COP(C)(=O)O)c(C)c1-c1ncc(NC(=O)[C@@H](NC(=O)c2ccnn2C(C)C)C2c3cc(F)c(F)cc3OCC23CC3)cc1F. The van der Waals surface area contributed by atoms with Crippen LogP contribution in [0.4, 0.5) is 18.9 Å². The fourth-order valence-electron chi connectivity index (χ4n) is 6.36. The van der Waals surface area contributed by atoms with Crippen LogP contribution in [0.25, 0.3) is 11.3 Å². The van der Waals surface area contributed by atoms with Gasteiger partial charge in [0.25, 0.3) is 5.91 Å². The molecule has 0 saturated heterocycles. The van der Waals surface area contributed by atoms with Crippen molar-refractivity contribution in [3.05, 3.63) is 76.8 Å². The number of nitrogens with one attached hydrogen (secondary N) is 2. The van der Waals surface area contributed by atoms with Crippen LogP contribution in [0, 0.1) is 36.7 Å². The van der Waals surface area contributed by atoms with Crippen molar-refractivity contribution in [2.45, 2.75) is 65.3 Å². The number of aromatic nitrogens is 5. The largest absolute Gasteiger partial charge is 0.493 e. The number of halogens is 3. The topological polar surface area (TPSA) is 162 Å². The van der Waals surface area contributed by atoms with Gasteiger partial charge in [-0.25, -0.2) is 17.9 Å². The summed E-state index contributed by atoms with van der Waals surface area (Å²) in [6.45, 7) is 7.73. The Kier molecular flexibility index (Phi) is 8.92. The number of nitrogens with zero attached hydrogens (tertiary/aromatic N) is 5. The lowest BCUT2D eigenvalue weighted by Gasteiger charge is -2.38. The standard InChI is InChI=1S/C32H35F3N7O6P/c1-16(2)42-24(6-9-37-42)30(43)39-29(27-20-11-21(33)22(34)12-25(20)47-14-32(27)7-8-32)31(44)38-19-10-23(35)28(36-13-19)26-17(3)40-41(18(26)4)15-48-49(5,45)46/h6,9-13,16,27,29H,7-8,14-15H2,1-5H3,(H,38,44)(H,39,43)(H,45,46)/t27?,29-/m0/s1. The van der Waals surface area contributed by atoms with Gasteiger partial charge < -0.3 is 20.3 Å². The summed E-state index contributed by atoms with van der Waals surface area (Å²) in [6, 6.07) is 2.98. The molecule has 1 aliphatic carbocycles. The summed E-state index contributed by atoms with van der Waals surface area (Å²) in [7, 11) is -3.80. The first-order valence-corrected chi connectivity index (χ1v) is 17.5. The first-order valence-electron chi connectivity index (χ1n) is 15.5. The number of carbonyl (C=O) groups is 2. The fraction of sp³-hybridized carbons (Fsp3) is 0.406. The van der Waals surface area contributed by atoms with Gasteiger partial charge in [0.1, 0.15) is 29.9 Å². The Labute approximate surface area is 279 Å². The molecule has 3 atom stereocenters. The zero-order valence-electron chi connectivity index (χ0n) is 27.3. The summed E-state index contributed by atoms with van der Waals surface area (Å²) in [6.07, 6.45) is 3.91. The minimum absolute atomic E-state index is 0.0293. The van der Waals surface area contributed by atoms with E-state index in [9.17, 15) is 27.8 Å². The molecule has 1 fully saturated rings. The molecule has 1 aromatic carbocycles. The number of pyridine rings is 1. The number of aryl methyl sites for hydroxylation is 1. The molecule has 2 aliphatic rings. The third-order valence-corrected chi connectivity index (χ3v) is 9.49. The smallest absolute Gasteiger partial charge is 0.326 e. The molecule has 260 valence electrons. The highest BCUT2D eigenvalue weighted by atomic mass is 31.2. The van der Waals surface area contributed by atoms with Crippen LogP contribution in [-0.2, 0) is 20.6 Å². The monoisotopic (exact) mass is 701 g/mol. The third kappa shape index (κ3) is 6.72. The second-order valence-corrected chi connectivity index (χ2v) is 14.7. The Bertz CT molecular complexity index is 2000. The van der Waals surface area contributed by atoms with Gasteiger partial charge in [-0.05, 0) is 52.7 Å². The van der Waals surface area contributed by atoms with Crippen LogP contribution in [0.5, 0.6) is 5.75 Å². The number of ether oxygens (including phenoxy) is 1. The van der Waals surface area contributed by atoms with E-state index in [1.165, 1.54) is 27.8 Å². The van der Waals surface area contributed by atoms with Gasteiger partial charge in [0, 0.05) is 59.2 Å². The fourth-order valence-corrected chi connectivity index (χ4v) is 6.68. The van der Waals surface area contributed by atoms with Crippen molar-refractivity contribution >= 4 is 25.1 Å². The minimum Gasteiger partial charge on any atom is -0.493 e. The van der Waals surface area contributed by atoms with Crippen LogP contribution >= 0.6 is 7.60 Å². The van der Waals surface area contributed by atoms with Gasteiger partial charge >= 0.3 is 7.60 Å². The summed E-state index contributed by atoms with van der Waals surface area (Å²) in [5.74, 6) is -5.16. The molecule has 1 spiro atoms. The first-order chi connectivity index (χ1) is 23.1. The lowest BCUT2D eigenvalue weighted by molar-refractivity contribution is -0.119. The molecule has 1 saturated carbocycles.